The van der Waals surface area contributed by atoms with Gasteiger partial charge in [0.15, 0.2) is 4.96 Å². The molecule has 6 nitrogen and oxygen atoms in total. The minimum Gasteiger partial charge on any atom is -0.336 e. The summed E-state index contributed by atoms with van der Waals surface area (Å²) in [6, 6.07) is 10.2. The van der Waals surface area contributed by atoms with E-state index >= 15 is 0 Å². The highest BCUT2D eigenvalue weighted by Gasteiger charge is 2.24. The van der Waals surface area contributed by atoms with Crippen LogP contribution in [-0.2, 0) is 0 Å². The number of hydrogen-bond donors (Lipinski definition) is 0. The molecule has 1 aliphatic heterocycles. The summed E-state index contributed by atoms with van der Waals surface area (Å²) < 4.78 is 1.52. The molecule has 1 amide bonds. The molecule has 0 spiro atoms. The van der Waals surface area contributed by atoms with Crippen LogP contribution >= 0.6 is 11.3 Å². The number of rotatable bonds is 4. The Labute approximate surface area is 167 Å². The van der Waals surface area contributed by atoms with Gasteiger partial charge in [-0.3, -0.25) is 18.9 Å². The summed E-state index contributed by atoms with van der Waals surface area (Å²) in [6.07, 6.45) is 5.68. The van der Waals surface area contributed by atoms with Crippen molar-refractivity contribution in [1.82, 2.24) is 19.2 Å². The van der Waals surface area contributed by atoms with Gasteiger partial charge in [-0.05, 0) is 12.5 Å². The Morgan fingerprint density at radius 1 is 1.18 bits per heavy atom. The number of fused-ring (bicyclic) bond motifs is 1. The summed E-state index contributed by atoms with van der Waals surface area (Å²) in [4.78, 5) is 34.5. The van der Waals surface area contributed by atoms with Crippen LogP contribution < -0.4 is 5.56 Å². The van der Waals surface area contributed by atoms with Crippen molar-refractivity contribution in [2.75, 3.05) is 32.7 Å². The highest BCUT2D eigenvalue weighted by molar-refractivity contribution is 7.15. The Balaban J connectivity index is 1.38. The number of aromatic nitrogens is 2. The normalized spacial score (nSPS) is 15.5. The average Bonchev–Trinajstić information content (AvgIpc) is 3.11. The second-order valence-electron chi connectivity index (χ2n) is 6.88. The molecule has 4 rings (SSSR count). The third-order valence-corrected chi connectivity index (χ3v) is 5.94. The lowest BCUT2D eigenvalue weighted by atomic mass is 10.2. The molecule has 7 heteroatoms. The van der Waals surface area contributed by atoms with Gasteiger partial charge in [0.25, 0.3) is 11.5 Å². The molecule has 1 saturated heterocycles. The Hall–Kier alpha value is -2.77. The quantitative estimate of drug-likeness (QED) is 0.682. The first-order valence-electron chi connectivity index (χ1n) is 9.32. The summed E-state index contributed by atoms with van der Waals surface area (Å²) >= 11 is 1.40. The van der Waals surface area contributed by atoms with Crippen molar-refractivity contribution in [3.8, 4) is 0 Å². The van der Waals surface area contributed by atoms with Crippen LogP contribution in [0.5, 0.6) is 0 Å². The molecule has 0 N–H and O–H groups in total. The van der Waals surface area contributed by atoms with Crippen molar-refractivity contribution in [2.45, 2.75) is 6.92 Å². The molecule has 0 aliphatic carbocycles. The van der Waals surface area contributed by atoms with Crippen LogP contribution in [0.25, 0.3) is 11.0 Å². The van der Waals surface area contributed by atoms with E-state index in [9.17, 15) is 9.59 Å². The van der Waals surface area contributed by atoms with E-state index in [1.807, 2.05) is 30.5 Å². The van der Waals surface area contributed by atoms with E-state index in [1.54, 1.807) is 4.90 Å². The Kier molecular flexibility index (Phi) is 5.36. The molecule has 144 valence electrons. The van der Waals surface area contributed by atoms with E-state index in [4.69, 9.17) is 0 Å². The van der Waals surface area contributed by atoms with E-state index in [-0.39, 0.29) is 17.0 Å². The first kappa shape index (κ1) is 18.6. The van der Waals surface area contributed by atoms with Gasteiger partial charge in [0, 0.05) is 50.0 Å². The van der Waals surface area contributed by atoms with Crippen molar-refractivity contribution in [1.29, 1.82) is 0 Å². The lowest BCUT2D eigenvalue weighted by molar-refractivity contribution is 0.0648. The van der Waals surface area contributed by atoms with Gasteiger partial charge in [-0.1, -0.05) is 42.5 Å². The van der Waals surface area contributed by atoms with Gasteiger partial charge in [0.1, 0.15) is 5.56 Å². The molecule has 0 atom stereocenters. The second-order valence-corrected chi connectivity index (χ2v) is 7.71. The predicted molar refractivity (Wildman–Crippen MR) is 112 cm³/mol. The van der Waals surface area contributed by atoms with Gasteiger partial charge in [0.05, 0.1) is 0 Å². The number of aryl methyl sites for hydroxylation is 1. The molecule has 0 unspecified atom stereocenters. The Morgan fingerprint density at radius 2 is 1.93 bits per heavy atom. The fraction of sp³-hybridized carbons (Fsp3) is 0.286. The fourth-order valence-corrected chi connectivity index (χ4v) is 4.20. The third-order valence-electron chi connectivity index (χ3n) is 4.98. The summed E-state index contributed by atoms with van der Waals surface area (Å²) in [5.74, 6) is -0.225. The lowest BCUT2D eigenvalue weighted by Gasteiger charge is -2.34. The summed E-state index contributed by atoms with van der Waals surface area (Å²) in [5.41, 5.74) is 1.86. The van der Waals surface area contributed by atoms with Crippen LogP contribution in [0.2, 0.25) is 0 Å². The molecule has 3 aromatic rings. The van der Waals surface area contributed by atoms with Crippen LogP contribution in [0, 0.1) is 6.92 Å². The Bertz CT molecular complexity index is 1060. The molecule has 1 aromatic carbocycles. The number of carbonyl (C=O) groups is 1. The highest BCUT2D eigenvalue weighted by atomic mass is 32.1. The van der Waals surface area contributed by atoms with Gasteiger partial charge >= 0.3 is 0 Å². The minimum absolute atomic E-state index is 0.149. The number of benzene rings is 1. The molecule has 0 radical (unpaired) electrons. The molecule has 0 bridgehead atoms. The molecule has 1 fully saturated rings. The van der Waals surface area contributed by atoms with Crippen molar-refractivity contribution < 1.29 is 4.79 Å². The van der Waals surface area contributed by atoms with Crippen molar-refractivity contribution in [2.24, 2.45) is 0 Å². The first-order chi connectivity index (χ1) is 13.6. The van der Waals surface area contributed by atoms with Crippen LogP contribution in [0.4, 0.5) is 0 Å². The van der Waals surface area contributed by atoms with Crippen LogP contribution in [-0.4, -0.2) is 57.8 Å². The largest absolute Gasteiger partial charge is 0.336 e. The van der Waals surface area contributed by atoms with Gasteiger partial charge in [-0.2, -0.15) is 0 Å². The smallest absolute Gasteiger partial charge is 0.271 e. The zero-order valence-corrected chi connectivity index (χ0v) is 16.6. The van der Waals surface area contributed by atoms with Crippen LogP contribution in [0.3, 0.4) is 0 Å². The Morgan fingerprint density at radius 3 is 2.68 bits per heavy atom. The van der Waals surface area contributed by atoms with Crippen molar-refractivity contribution >= 4 is 28.3 Å². The SMILES string of the molecule is Cc1csc2ncc(C(=O)N3CCN(CC=Cc4ccccc4)CC3)c(=O)n12. The van der Waals surface area contributed by atoms with Gasteiger partial charge in [-0.25, -0.2) is 4.98 Å². The van der Waals surface area contributed by atoms with Crippen molar-refractivity contribution in [3.63, 3.8) is 0 Å². The van der Waals surface area contributed by atoms with Gasteiger partial charge in [0.2, 0.25) is 0 Å². The third kappa shape index (κ3) is 3.76. The maximum Gasteiger partial charge on any atom is 0.271 e. The van der Waals surface area contributed by atoms with Crippen LogP contribution in [0.15, 0.2) is 52.8 Å². The molecule has 1 aliphatic rings. The maximum absolute atomic E-state index is 12.8. The average molecular weight is 395 g/mol. The number of piperazine rings is 1. The fourth-order valence-electron chi connectivity index (χ4n) is 3.38. The van der Waals surface area contributed by atoms with E-state index in [1.165, 1.54) is 27.5 Å². The summed E-state index contributed by atoms with van der Waals surface area (Å²) in [6.45, 7) is 5.51. The monoisotopic (exact) mass is 394 g/mol. The lowest BCUT2D eigenvalue weighted by Crippen LogP contribution is -2.49. The van der Waals surface area contributed by atoms with E-state index in [2.05, 4.69) is 34.2 Å². The van der Waals surface area contributed by atoms with E-state index in [0.717, 1.165) is 25.3 Å². The topological polar surface area (TPSA) is 57.9 Å². The molecule has 28 heavy (non-hydrogen) atoms. The molecular formula is C21H22N4O2S. The van der Waals surface area contributed by atoms with E-state index in [0.29, 0.717) is 18.1 Å². The summed E-state index contributed by atoms with van der Waals surface area (Å²) in [5, 5.41) is 1.87. The first-order valence-corrected chi connectivity index (χ1v) is 10.2. The van der Waals surface area contributed by atoms with E-state index < -0.39 is 0 Å². The highest BCUT2D eigenvalue weighted by Crippen LogP contribution is 2.12. The van der Waals surface area contributed by atoms with Crippen LogP contribution in [0.1, 0.15) is 21.6 Å². The zero-order valence-electron chi connectivity index (χ0n) is 15.7. The second kappa shape index (κ2) is 8.08. The predicted octanol–water partition coefficient (Wildman–Crippen LogP) is 2.54. The molecule has 3 heterocycles. The maximum atomic E-state index is 12.8. The molecule has 0 saturated carbocycles. The number of hydrogen-bond acceptors (Lipinski definition) is 5. The standard InChI is InChI=1S/C21H22N4O2S/c1-16-15-28-21-22-14-18(20(27)25(16)21)19(26)24-12-10-23(11-13-24)9-5-8-17-6-3-2-4-7-17/h2-8,14-15H,9-13H2,1H3. The minimum atomic E-state index is -0.276. The summed E-state index contributed by atoms with van der Waals surface area (Å²) in [7, 11) is 0. The number of thiazole rings is 1. The zero-order chi connectivity index (χ0) is 19.5. The number of nitrogens with zero attached hydrogens (tertiary/aromatic N) is 4. The molecular weight excluding hydrogens is 372 g/mol. The van der Waals surface area contributed by atoms with Gasteiger partial charge in [-0.15, -0.1) is 11.3 Å². The molecule has 2 aromatic heterocycles. The van der Waals surface area contributed by atoms with Crippen molar-refractivity contribution in [3.05, 3.63) is 75.2 Å². The number of carbonyl (C=O) groups excluding carboxylic acids is 1. The number of amides is 1. The van der Waals surface area contributed by atoms with Gasteiger partial charge < -0.3 is 4.90 Å².